The molecule has 0 radical (unpaired) electrons. The van der Waals surface area contributed by atoms with Crippen LogP contribution in [0.25, 0.3) is 0 Å². The molecule has 0 spiro atoms. The number of amides is 1. The first-order valence-corrected chi connectivity index (χ1v) is 7.25. The molecular formula is C16H24N2O2. The summed E-state index contributed by atoms with van der Waals surface area (Å²) in [5.74, 6) is 0.0490. The van der Waals surface area contributed by atoms with E-state index in [1.165, 1.54) is 0 Å². The van der Waals surface area contributed by atoms with Gasteiger partial charge in [0.25, 0.3) is 0 Å². The van der Waals surface area contributed by atoms with Crippen molar-refractivity contribution in [3.63, 3.8) is 0 Å². The number of carbonyl (C=O) groups excluding carboxylic acids is 1. The maximum absolute atomic E-state index is 12.3. The normalized spacial score (nSPS) is 21.0. The Bertz CT molecular complexity index is 433. The zero-order chi connectivity index (χ0) is 14.5. The third-order valence-electron chi connectivity index (χ3n) is 4.03. The van der Waals surface area contributed by atoms with E-state index in [-0.39, 0.29) is 12.3 Å². The van der Waals surface area contributed by atoms with Gasteiger partial charge < -0.3 is 14.9 Å². The molecule has 2 unspecified atom stereocenters. The van der Waals surface area contributed by atoms with E-state index in [1.807, 2.05) is 35.2 Å². The molecule has 1 aromatic rings. The van der Waals surface area contributed by atoms with Gasteiger partial charge in [0.05, 0.1) is 12.5 Å². The molecule has 0 saturated carbocycles. The summed E-state index contributed by atoms with van der Waals surface area (Å²) in [4.78, 5) is 16.4. The highest BCUT2D eigenvalue weighted by atomic mass is 16.3. The molecule has 0 aromatic heterocycles. The van der Waals surface area contributed by atoms with E-state index in [1.54, 1.807) is 0 Å². The second-order valence-corrected chi connectivity index (χ2v) is 5.73. The standard InChI is InChI=1S/C16H24N2O2/c1-17(2)14-9-6-10-18(12-14)16(20)11-15(19)13-7-4-3-5-8-13/h3-5,7-8,14-15,19H,6,9-12H2,1-2H3. The lowest BCUT2D eigenvalue weighted by atomic mass is 10.0. The minimum Gasteiger partial charge on any atom is -0.388 e. The molecule has 20 heavy (non-hydrogen) atoms. The van der Waals surface area contributed by atoms with Gasteiger partial charge in [-0.2, -0.15) is 0 Å². The summed E-state index contributed by atoms with van der Waals surface area (Å²) in [5, 5.41) is 10.1. The summed E-state index contributed by atoms with van der Waals surface area (Å²) in [6.45, 7) is 1.58. The maximum Gasteiger partial charge on any atom is 0.225 e. The van der Waals surface area contributed by atoms with Crippen molar-refractivity contribution in [2.75, 3.05) is 27.2 Å². The molecule has 2 rings (SSSR count). The third-order valence-corrected chi connectivity index (χ3v) is 4.03. The maximum atomic E-state index is 12.3. The largest absolute Gasteiger partial charge is 0.388 e. The number of aliphatic hydroxyl groups is 1. The Balaban J connectivity index is 1.91. The first kappa shape index (κ1) is 15.0. The third kappa shape index (κ3) is 3.81. The Morgan fingerprint density at radius 1 is 1.40 bits per heavy atom. The van der Waals surface area contributed by atoms with Crippen LogP contribution in [0.3, 0.4) is 0 Å². The van der Waals surface area contributed by atoms with Crippen molar-refractivity contribution in [1.29, 1.82) is 0 Å². The number of likely N-dealkylation sites (tertiary alicyclic amines) is 1. The number of aliphatic hydroxyl groups excluding tert-OH is 1. The van der Waals surface area contributed by atoms with Crippen LogP contribution in [0, 0.1) is 0 Å². The second kappa shape index (κ2) is 6.86. The van der Waals surface area contributed by atoms with Crippen LogP contribution in [0.4, 0.5) is 0 Å². The lowest BCUT2D eigenvalue weighted by Crippen LogP contribution is -2.47. The van der Waals surface area contributed by atoms with E-state index >= 15 is 0 Å². The predicted octanol–water partition coefficient (Wildman–Crippen LogP) is 1.66. The Morgan fingerprint density at radius 3 is 2.75 bits per heavy atom. The summed E-state index contributed by atoms with van der Waals surface area (Å²) in [6, 6.07) is 9.82. The Labute approximate surface area is 121 Å². The minimum atomic E-state index is -0.705. The molecule has 1 aliphatic rings. The fourth-order valence-corrected chi connectivity index (χ4v) is 2.69. The number of hydrogen-bond donors (Lipinski definition) is 1. The molecule has 1 N–H and O–H groups in total. The highest BCUT2D eigenvalue weighted by Gasteiger charge is 2.26. The molecule has 110 valence electrons. The quantitative estimate of drug-likeness (QED) is 0.909. The first-order valence-electron chi connectivity index (χ1n) is 7.25. The van der Waals surface area contributed by atoms with Crippen molar-refractivity contribution in [2.24, 2.45) is 0 Å². The van der Waals surface area contributed by atoms with Crippen LogP contribution >= 0.6 is 0 Å². The van der Waals surface area contributed by atoms with Gasteiger partial charge in [-0.3, -0.25) is 4.79 Å². The van der Waals surface area contributed by atoms with Crippen molar-refractivity contribution in [2.45, 2.75) is 31.4 Å². The van der Waals surface area contributed by atoms with Crippen LogP contribution in [0.2, 0.25) is 0 Å². The lowest BCUT2D eigenvalue weighted by Gasteiger charge is -2.36. The van der Waals surface area contributed by atoms with Crippen LogP contribution in [-0.4, -0.2) is 54.0 Å². The number of nitrogens with zero attached hydrogens (tertiary/aromatic N) is 2. The number of likely N-dealkylation sites (N-methyl/N-ethyl adjacent to an activating group) is 1. The number of rotatable bonds is 4. The van der Waals surface area contributed by atoms with E-state index in [0.29, 0.717) is 6.04 Å². The smallest absolute Gasteiger partial charge is 0.225 e. The van der Waals surface area contributed by atoms with Gasteiger partial charge in [-0.05, 0) is 32.5 Å². The monoisotopic (exact) mass is 276 g/mol. The number of piperidine rings is 1. The zero-order valence-electron chi connectivity index (χ0n) is 12.3. The highest BCUT2D eigenvalue weighted by Crippen LogP contribution is 2.20. The van der Waals surface area contributed by atoms with E-state index < -0.39 is 6.10 Å². The van der Waals surface area contributed by atoms with Crippen LogP contribution in [0.1, 0.15) is 30.9 Å². The average Bonchev–Trinajstić information content (AvgIpc) is 2.48. The summed E-state index contributed by atoms with van der Waals surface area (Å²) < 4.78 is 0. The predicted molar refractivity (Wildman–Crippen MR) is 79.3 cm³/mol. The van der Waals surface area contributed by atoms with Gasteiger partial charge in [0, 0.05) is 19.1 Å². The molecule has 1 saturated heterocycles. The second-order valence-electron chi connectivity index (χ2n) is 5.73. The molecule has 4 nitrogen and oxygen atoms in total. The van der Waals surface area contributed by atoms with E-state index in [4.69, 9.17) is 0 Å². The summed E-state index contributed by atoms with van der Waals surface area (Å²) in [6.07, 6.45) is 1.64. The van der Waals surface area contributed by atoms with Gasteiger partial charge in [0.1, 0.15) is 0 Å². The highest BCUT2D eigenvalue weighted by molar-refractivity contribution is 5.77. The van der Waals surface area contributed by atoms with Crippen molar-refractivity contribution < 1.29 is 9.90 Å². The van der Waals surface area contributed by atoms with Crippen molar-refractivity contribution in [3.05, 3.63) is 35.9 Å². The molecule has 0 bridgehead atoms. The molecule has 1 heterocycles. The molecule has 1 fully saturated rings. The fourth-order valence-electron chi connectivity index (χ4n) is 2.69. The first-order chi connectivity index (χ1) is 9.58. The van der Waals surface area contributed by atoms with Crippen LogP contribution in [0.5, 0.6) is 0 Å². The van der Waals surface area contributed by atoms with Gasteiger partial charge in [0.2, 0.25) is 5.91 Å². The molecule has 0 aliphatic carbocycles. The number of carbonyl (C=O) groups is 1. The van der Waals surface area contributed by atoms with Crippen LogP contribution < -0.4 is 0 Å². The number of hydrogen-bond acceptors (Lipinski definition) is 3. The van der Waals surface area contributed by atoms with E-state index in [0.717, 1.165) is 31.5 Å². The lowest BCUT2D eigenvalue weighted by molar-refractivity contribution is -0.135. The van der Waals surface area contributed by atoms with Crippen LogP contribution in [0.15, 0.2) is 30.3 Å². The van der Waals surface area contributed by atoms with Crippen LogP contribution in [-0.2, 0) is 4.79 Å². The summed E-state index contributed by atoms with van der Waals surface area (Å²) in [7, 11) is 4.11. The molecule has 1 aliphatic heterocycles. The molecule has 1 amide bonds. The minimum absolute atomic E-state index is 0.0490. The molecule has 2 atom stereocenters. The van der Waals surface area contributed by atoms with Crippen molar-refractivity contribution in [1.82, 2.24) is 9.80 Å². The van der Waals surface area contributed by atoms with Crippen molar-refractivity contribution >= 4 is 5.91 Å². The Morgan fingerprint density at radius 2 is 2.10 bits per heavy atom. The molecule has 1 aromatic carbocycles. The van der Waals surface area contributed by atoms with Gasteiger partial charge in [-0.1, -0.05) is 30.3 Å². The van der Waals surface area contributed by atoms with Gasteiger partial charge in [-0.15, -0.1) is 0 Å². The average molecular weight is 276 g/mol. The molecular weight excluding hydrogens is 252 g/mol. The Hall–Kier alpha value is -1.39. The van der Waals surface area contributed by atoms with Gasteiger partial charge in [-0.25, -0.2) is 0 Å². The topological polar surface area (TPSA) is 43.8 Å². The summed E-state index contributed by atoms with van der Waals surface area (Å²) in [5.41, 5.74) is 0.807. The van der Waals surface area contributed by atoms with E-state index in [2.05, 4.69) is 19.0 Å². The molecule has 4 heteroatoms. The number of benzene rings is 1. The van der Waals surface area contributed by atoms with Gasteiger partial charge in [0.15, 0.2) is 0 Å². The Kier molecular flexibility index (Phi) is 5.15. The van der Waals surface area contributed by atoms with Gasteiger partial charge >= 0.3 is 0 Å². The van der Waals surface area contributed by atoms with E-state index in [9.17, 15) is 9.90 Å². The van der Waals surface area contributed by atoms with Crippen molar-refractivity contribution in [3.8, 4) is 0 Å². The fraction of sp³-hybridized carbons (Fsp3) is 0.562. The zero-order valence-corrected chi connectivity index (χ0v) is 12.3. The summed E-state index contributed by atoms with van der Waals surface area (Å²) >= 11 is 0. The SMILES string of the molecule is CN(C)C1CCCN(C(=O)CC(O)c2ccccc2)C1.